The number of halogens is 2. The number of carboxylic acid groups (broad SMARTS) is 1. The second-order valence-electron chi connectivity index (χ2n) is 5.85. The summed E-state index contributed by atoms with van der Waals surface area (Å²) in [5, 5.41) is 9.22. The second kappa shape index (κ2) is 8.42. The Kier molecular flexibility index (Phi) is 5.99. The molecule has 6 heteroatoms. The molecule has 1 heterocycles. The standard InChI is InChI=1S/C21H17Cl2NO3/c1-2-13-8-10-16(14-6-4-3-5-7-14)24-21(13)15-9-11-17(20(23)19(15)22)27-12-18(25)26/h3-11H,2,12H2,1H3,(H,25,26). The van der Waals surface area contributed by atoms with Gasteiger partial charge in [-0.3, -0.25) is 0 Å². The van der Waals surface area contributed by atoms with E-state index in [0.29, 0.717) is 5.56 Å². The van der Waals surface area contributed by atoms with E-state index in [1.165, 1.54) is 0 Å². The lowest BCUT2D eigenvalue weighted by molar-refractivity contribution is -0.139. The molecular weight excluding hydrogens is 385 g/mol. The highest BCUT2D eigenvalue weighted by Gasteiger charge is 2.17. The summed E-state index contributed by atoms with van der Waals surface area (Å²) < 4.78 is 5.18. The maximum absolute atomic E-state index is 10.7. The number of hydrogen-bond acceptors (Lipinski definition) is 3. The molecule has 3 rings (SSSR count). The van der Waals surface area contributed by atoms with Crippen LogP contribution in [0.15, 0.2) is 54.6 Å². The van der Waals surface area contributed by atoms with Crippen LogP contribution < -0.4 is 4.74 Å². The quantitative estimate of drug-likeness (QED) is 0.571. The molecule has 2 aromatic carbocycles. The van der Waals surface area contributed by atoms with Gasteiger partial charge in [-0.15, -0.1) is 0 Å². The van der Waals surface area contributed by atoms with Crippen molar-refractivity contribution in [2.24, 2.45) is 0 Å². The molecule has 0 amide bonds. The third kappa shape index (κ3) is 4.24. The summed E-state index contributed by atoms with van der Waals surface area (Å²) in [7, 11) is 0. The van der Waals surface area contributed by atoms with E-state index in [1.807, 2.05) is 49.4 Å². The Labute approximate surface area is 167 Å². The van der Waals surface area contributed by atoms with Crippen LogP contribution in [0.4, 0.5) is 0 Å². The average molecular weight is 402 g/mol. The van der Waals surface area contributed by atoms with Crippen LogP contribution in [0.5, 0.6) is 5.75 Å². The molecule has 1 N–H and O–H groups in total. The molecule has 0 aliphatic heterocycles. The van der Waals surface area contributed by atoms with Crippen molar-refractivity contribution < 1.29 is 14.6 Å². The highest BCUT2D eigenvalue weighted by Crippen LogP contribution is 2.40. The Bertz CT molecular complexity index is 975. The number of nitrogens with zero attached hydrogens (tertiary/aromatic N) is 1. The van der Waals surface area contributed by atoms with Crippen molar-refractivity contribution in [3.63, 3.8) is 0 Å². The van der Waals surface area contributed by atoms with Crippen LogP contribution in [0.2, 0.25) is 10.0 Å². The predicted octanol–water partition coefficient (Wildman–Crippen LogP) is 5.75. The van der Waals surface area contributed by atoms with Crippen molar-refractivity contribution in [1.29, 1.82) is 0 Å². The van der Waals surface area contributed by atoms with Gasteiger partial charge in [0.1, 0.15) is 10.8 Å². The van der Waals surface area contributed by atoms with Gasteiger partial charge in [-0.1, -0.05) is 66.5 Å². The summed E-state index contributed by atoms with van der Waals surface area (Å²) >= 11 is 12.8. The van der Waals surface area contributed by atoms with Crippen LogP contribution in [0.25, 0.3) is 22.5 Å². The molecule has 1 aromatic heterocycles. The smallest absolute Gasteiger partial charge is 0.341 e. The molecule has 0 spiro atoms. The Morgan fingerprint density at radius 3 is 2.44 bits per heavy atom. The minimum atomic E-state index is -1.09. The largest absolute Gasteiger partial charge is 0.480 e. The summed E-state index contributed by atoms with van der Waals surface area (Å²) in [6.07, 6.45) is 0.780. The van der Waals surface area contributed by atoms with E-state index < -0.39 is 12.6 Å². The van der Waals surface area contributed by atoms with Crippen LogP contribution in [0.1, 0.15) is 12.5 Å². The minimum absolute atomic E-state index is 0.171. The van der Waals surface area contributed by atoms with E-state index in [-0.39, 0.29) is 15.8 Å². The maximum atomic E-state index is 10.7. The first-order chi connectivity index (χ1) is 13.0. The van der Waals surface area contributed by atoms with Gasteiger partial charge in [0.05, 0.1) is 16.4 Å². The van der Waals surface area contributed by atoms with Crippen molar-refractivity contribution >= 4 is 29.2 Å². The summed E-state index contributed by atoms with van der Waals surface area (Å²) in [5.74, 6) is -0.859. The highest BCUT2D eigenvalue weighted by molar-refractivity contribution is 6.44. The predicted molar refractivity (Wildman–Crippen MR) is 108 cm³/mol. The monoisotopic (exact) mass is 401 g/mol. The summed E-state index contributed by atoms with van der Waals surface area (Å²) in [6.45, 7) is 1.56. The van der Waals surface area contributed by atoms with E-state index in [4.69, 9.17) is 38.0 Å². The third-order valence-electron chi connectivity index (χ3n) is 4.08. The van der Waals surface area contributed by atoms with Gasteiger partial charge in [-0.25, -0.2) is 9.78 Å². The van der Waals surface area contributed by atoms with Crippen molar-refractivity contribution in [3.05, 3.63) is 70.2 Å². The molecule has 0 bridgehead atoms. The molecular formula is C21H17Cl2NO3. The molecule has 3 aromatic rings. The number of rotatable bonds is 6. The molecule has 0 saturated heterocycles. The normalized spacial score (nSPS) is 10.6. The first-order valence-corrected chi connectivity index (χ1v) is 9.15. The van der Waals surface area contributed by atoms with E-state index in [9.17, 15) is 4.79 Å². The van der Waals surface area contributed by atoms with Crippen molar-refractivity contribution in [1.82, 2.24) is 4.98 Å². The van der Waals surface area contributed by atoms with Crippen LogP contribution in [-0.2, 0) is 11.2 Å². The van der Waals surface area contributed by atoms with Crippen LogP contribution >= 0.6 is 23.2 Å². The first-order valence-electron chi connectivity index (χ1n) is 8.39. The average Bonchev–Trinajstić information content (AvgIpc) is 2.69. The number of aromatic nitrogens is 1. The van der Waals surface area contributed by atoms with Crippen molar-refractivity contribution in [2.45, 2.75) is 13.3 Å². The van der Waals surface area contributed by atoms with Crippen molar-refractivity contribution in [3.8, 4) is 28.3 Å². The molecule has 0 fully saturated rings. The van der Waals surface area contributed by atoms with Gasteiger partial charge in [0, 0.05) is 11.1 Å². The summed E-state index contributed by atoms with van der Waals surface area (Å²) in [6, 6.07) is 17.2. The Balaban J connectivity index is 2.07. The Hall–Kier alpha value is -2.56. The fourth-order valence-corrected chi connectivity index (χ4v) is 3.21. The number of carboxylic acids is 1. The molecule has 0 aliphatic carbocycles. The lowest BCUT2D eigenvalue weighted by atomic mass is 10.0. The van der Waals surface area contributed by atoms with E-state index >= 15 is 0 Å². The SMILES string of the molecule is CCc1ccc(-c2ccccc2)nc1-c1ccc(OCC(=O)O)c(Cl)c1Cl. The number of pyridine rings is 1. The highest BCUT2D eigenvalue weighted by atomic mass is 35.5. The molecule has 27 heavy (non-hydrogen) atoms. The van der Waals surface area contributed by atoms with Gasteiger partial charge < -0.3 is 9.84 Å². The van der Waals surface area contributed by atoms with E-state index in [2.05, 4.69) is 0 Å². The fraction of sp³-hybridized carbons (Fsp3) is 0.143. The van der Waals surface area contributed by atoms with E-state index in [1.54, 1.807) is 12.1 Å². The van der Waals surface area contributed by atoms with Crippen LogP contribution in [0, 0.1) is 0 Å². The molecule has 0 unspecified atom stereocenters. The Morgan fingerprint density at radius 2 is 1.78 bits per heavy atom. The topological polar surface area (TPSA) is 59.4 Å². The van der Waals surface area contributed by atoms with Gasteiger partial charge in [-0.05, 0) is 30.2 Å². The lowest BCUT2D eigenvalue weighted by Crippen LogP contribution is -2.09. The van der Waals surface area contributed by atoms with Crippen molar-refractivity contribution in [2.75, 3.05) is 6.61 Å². The fourth-order valence-electron chi connectivity index (χ4n) is 2.74. The molecule has 0 radical (unpaired) electrons. The number of aliphatic carboxylic acids is 1. The summed E-state index contributed by atoms with van der Waals surface area (Å²) in [4.78, 5) is 15.5. The van der Waals surface area contributed by atoms with Gasteiger partial charge >= 0.3 is 5.97 Å². The number of hydrogen-bond donors (Lipinski definition) is 1. The maximum Gasteiger partial charge on any atom is 0.341 e. The van der Waals surface area contributed by atoms with Crippen LogP contribution in [0.3, 0.4) is 0 Å². The van der Waals surface area contributed by atoms with E-state index in [0.717, 1.165) is 28.9 Å². The molecule has 138 valence electrons. The summed E-state index contributed by atoms with van der Waals surface area (Å²) in [5.41, 5.74) is 4.30. The number of carbonyl (C=O) groups is 1. The third-order valence-corrected chi connectivity index (χ3v) is 4.95. The molecule has 0 atom stereocenters. The molecule has 0 aliphatic rings. The van der Waals surface area contributed by atoms with Crippen LogP contribution in [-0.4, -0.2) is 22.7 Å². The van der Waals surface area contributed by atoms with Gasteiger partial charge in [0.2, 0.25) is 0 Å². The zero-order valence-corrected chi connectivity index (χ0v) is 16.1. The number of benzene rings is 2. The zero-order valence-electron chi connectivity index (χ0n) is 14.6. The minimum Gasteiger partial charge on any atom is -0.480 e. The molecule has 0 saturated carbocycles. The Morgan fingerprint density at radius 1 is 1.04 bits per heavy atom. The van der Waals surface area contributed by atoms with Gasteiger partial charge in [0.15, 0.2) is 6.61 Å². The number of aryl methyl sites for hydroxylation is 1. The second-order valence-corrected chi connectivity index (χ2v) is 6.60. The molecule has 4 nitrogen and oxygen atoms in total. The lowest BCUT2D eigenvalue weighted by Gasteiger charge is -2.14. The number of ether oxygens (including phenoxy) is 1. The van der Waals surface area contributed by atoms with Gasteiger partial charge in [0.25, 0.3) is 0 Å². The van der Waals surface area contributed by atoms with Gasteiger partial charge in [-0.2, -0.15) is 0 Å². The first kappa shape index (κ1) is 19.2. The zero-order chi connectivity index (χ0) is 19.4.